The lowest BCUT2D eigenvalue weighted by Crippen LogP contribution is -2.47. The molecule has 0 radical (unpaired) electrons. The monoisotopic (exact) mass is 548 g/mol. The van der Waals surface area contributed by atoms with Gasteiger partial charge in [0.2, 0.25) is 11.3 Å². The number of hydrogen-bond acceptors (Lipinski definition) is 9. The van der Waals surface area contributed by atoms with E-state index in [-0.39, 0.29) is 10.9 Å². The number of rotatable bonds is 7. The summed E-state index contributed by atoms with van der Waals surface area (Å²) in [7, 11) is 0. The van der Waals surface area contributed by atoms with Crippen molar-refractivity contribution in [3.05, 3.63) is 50.7 Å². The molecule has 0 amide bonds. The van der Waals surface area contributed by atoms with Crippen LogP contribution in [0.15, 0.2) is 27.5 Å². The summed E-state index contributed by atoms with van der Waals surface area (Å²) in [5.74, 6) is 0.997. The maximum atomic E-state index is 15.1. The van der Waals surface area contributed by atoms with Crippen LogP contribution in [0.25, 0.3) is 10.9 Å². The molecule has 2 aliphatic heterocycles. The average Bonchev–Trinajstić information content (AvgIpc) is 3.23. The van der Waals surface area contributed by atoms with Crippen molar-refractivity contribution in [2.75, 3.05) is 55.7 Å². The number of nitrogens with zero attached hydrogens (tertiary/aromatic N) is 6. The van der Waals surface area contributed by atoms with Crippen molar-refractivity contribution < 1.29 is 18.7 Å². The largest absolute Gasteiger partial charge is 0.477 e. The Morgan fingerprint density at radius 3 is 2.57 bits per heavy atom. The molecule has 13 heteroatoms. The summed E-state index contributed by atoms with van der Waals surface area (Å²) in [6, 6.07) is 2.81. The third-order valence-corrected chi connectivity index (χ3v) is 8.11. The molecule has 2 fully saturated rings. The number of aromatic nitrogens is 3. The molecule has 0 bridgehead atoms. The number of carbonyl (C=O) groups is 1. The Kier molecular flexibility index (Phi) is 7.65. The molecular weight excluding hydrogens is 519 g/mol. The van der Waals surface area contributed by atoms with Crippen molar-refractivity contribution in [1.82, 2.24) is 24.1 Å². The molecule has 2 aliphatic rings. The van der Waals surface area contributed by atoms with E-state index in [0.29, 0.717) is 67.9 Å². The molecule has 3 aromatic rings. The highest BCUT2D eigenvalue weighted by atomic mass is 32.2. The van der Waals surface area contributed by atoms with Gasteiger partial charge in [-0.3, -0.25) is 14.6 Å². The normalized spacial score (nSPS) is 17.5. The summed E-state index contributed by atoms with van der Waals surface area (Å²) < 4.78 is 24.3. The van der Waals surface area contributed by atoms with Crippen LogP contribution in [0.1, 0.15) is 23.2 Å². The Morgan fingerprint density at radius 2 is 1.89 bits per heavy atom. The SMILES string of the molecule is CCn1cc(C(=O)O)c(=O)c2cc(F)c(N3CCN(Cn4nc(CN5CCSCC5)oc4=S)CC3)cc21. The summed E-state index contributed by atoms with van der Waals surface area (Å²) in [5.41, 5.74) is -0.119. The van der Waals surface area contributed by atoms with E-state index in [1.54, 1.807) is 15.3 Å². The molecule has 4 heterocycles. The lowest BCUT2D eigenvalue weighted by atomic mass is 10.1. The number of thioether (sulfide) groups is 1. The highest BCUT2D eigenvalue weighted by molar-refractivity contribution is 7.99. The number of carboxylic acids is 1. The molecule has 0 atom stereocenters. The van der Waals surface area contributed by atoms with Gasteiger partial charge in [-0.25, -0.2) is 13.9 Å². The molecular formula is C24H29FN6O4S2. The lowest BCUT2D eigenvalue weighted by Gasteiger charge is -2.36. The number of carboxylic acid groups (broad SMARTS) is 1. The Hall–Kier alpha value is -2.74. The van der Waals surface area contributed by atoms with Crippen LogP contribution < -0.4 is 10.3 Å². The minimum atomic E-state index is -1.32. The smallest absolute Gasteiger partial charge is 0.341 e. The van der Waals surface area contributed by atoms with Gasteiger partial charge in [0.15, 0.2) is 0 Å². The zero-order valence-electron chi connectivity index (χ0n) is 20.6. The molecule has 1 aromatic carbocycles. The number of aromatic carboxylic acids is 1. The highest BCUT2D eigenvalue weighted by Gasteiger charge is 2.23. The predicted molar refractivity (Wildman–Crippen MR) is 143 cm³/mol. The van der Waals surface area contributed by atoms with Crippen molar-refractivity contribution in [3.63, 3.8) is 0 Å². The van der Waals surface area contributed by atoms with E-state index < -0.39 is 17.2 Å². The maximum Gasteiger partial charge on any atom is 0.341 e. The highest BCUT2D eigenvalue weighted by Crippen LogP contribution is 2.26. The van der Waals surface area contributed by atoms with Crippen molar-refractivity contribution in [3.8, 4) is 0 Å². The average molecular weight is 549 g/mol. The molecule has 0 unspecified atom stereocenters. The quantitative estimate of drug-likeness (QED) is 0.444. The number of piperazine rings is 1. The molecule has 2 saturated heterocycles. The van der Waals surface area contributed by atoms with Crippen LogP contribution in [0.5, 0.6) is 0 Å². The van der Waals surface area contributed by atoms with Crippen LogP contribution in [0.2, 0.25) is 0 Å². The first kappa shape index (κ1) is 25.9. The number of hydrogen-bond donors (Lipinski definition) is 1. The fraction of sp³-hybridized carbons (Fsp3) is 0.500. The van der Waals surface area contributed by atoms with Gasteiger partial charge in [-0.05, 0) is 31.3 Å². The second-order valence-electron chi connectivity index (χ2n) is 9.18. The number of halogens is 1. The van der Waals surface area contributed by atoms with Gasteiger partial charge in [-0.15, -0.1) is 5.10 Å². The fourth-order valence-electron chi connectivity index (χ4n) is 4.83. The molecule has 10 nitrogen and oxygen atoms in total. The first-order chi connectivity index (χ1) is 17.8. The van der Waals surface area contributed by atoms with Gasteiger partial charge < -0.3 is 19.0 Å². The van der Waals surface area contributed by atoms with Crippen LogP contribution in [0.3, 0.4) is 0 Å². The van der Waals surface area contributed by atoms with Crippen LogP contribution in [-0.4, -0.2) is 86.0 Å². The summed E-state index contributed by atoms with van der Waals surface area (Å²) in [6.07, 6.45) is 1.33. The Bertz CT molecular complexity index is 1420. The summed E-state index contributed by atoms with van der Waals surface area (Å²) >= 11 is 7.35. The zero-order valence-corrected chi connectivity index (χ0v) is 22.2. The zero-order chi connectivity index (χ0) is 26.1. The first-order valence-corrected chi connectivity index (χ1v) is 13.8. The number of benzene rings is 1. The van der Waals surface area contributed by atoms with Crippen molar-refractivity contribution in [1.29, 1.82) is 0 Å². The van der Waals surface area contributed by atoms with Gasteiger partial charge >= 0.3 is 5.97 Å². The predicted octanol–water partition coefficient (Wildman–Crippen LogP) is 2.71. The fourth-order valence-corrected chi connectivity index (χ4v) is 6.00. The van der Waals surface area contributed by atoms with E-state index in [1.807, 2.05) is 23.6 Å². The van der Waals surface area contributed by atoms with E-state index >= 15 is 4.39 Å². The molecule has 0 aliphatic carbocycles. The van der Waals surface area contributed by atoms with Crippen molar-refractivity contribution >= 4 is 46.5 Å². The van der Waals surface area contributed by atoms with Gasteiger partial charge in [-0.2, -0.15) is 11.8 Å². The van der Waals surface area contributed by atoms with Crippen molar-refractivity contribution in [2.24, 2.45) is 0 Å². The molecule has 198 valence electrons. The van der Waals surface area contributed by atoms with E-state index in [4.69, 9.17) is 16.6 Å². The summed E-state index contributed by atoms with van der Waals surface area (Å²) in [4.78, 5) is 30.9. The molecule has 0 saturated carbocycles. The van der Waals surface area contributed by atoms with E-state index in [0.717, 1.165) is 30.7 Å². The van der Waals surface area contributed by atoms with Crippen LogP contribution in [-0.2, 0) is 19.8 Å². The molecule has 1 N–H and O–H groups in total. The van der Waals surface area contributed by atoms with Crippen molar-refractivity contribution in [2.45, 2.75) is 26.7 Å². The lowest BCUT2D eigenvalue weighted by molar-refractivity contribution is 0.0695. The van der Waals surface area contributed by atoms with Gasteiger partial charge in [0.05, 0.1) is 24.4 Å². The topological polar surface area (TPSA) is 100.0 Å². The molecule has 2 aromatic heterocycles. The van der Waals surface area contributed by atoms with Gasteiger partial charge in [0.1, 0.15) is 11.4 Å². The molecule has 5 rings (SSSR count). The Balaban J connectivity index is 1.28. The maximum absolute atomic E-state index is 15.1. The minimum Gasteiger partial charge on any atom is -0.477 e. The molecule has 0 spiro atoms. The van der Waals surface area contributed by atoms with Gasteiger partial charge in [0, 0.05) is 68.9 Å². The Morgan fingerprint density at radius 1 is 1.16 bits per heavy atom. The summed E-state index contributed by atoms with van der Waals surface area (Å²) in [5, 5.41) is 14.0. The van der Waals surface area contributed by atoms with E-state index in [9.17, 15) is 14.7 Å². The second-order valence-corrected chi connectivity index (χ2v) is 10.8. The second kappa shape index (κ2) is 10.9. The first-order valence-electron chi connectivity index (χ1n) is 12.3. The number of fused-ring (bicyclic) bond motifs is 1. The van der Waals surface area contributed by atoms with Gasteiger partial charge in [0.25, 0.3) is 4.84 Å². The standard InChI is InChI=1S/C24H29FN6O4S2/c1-2-29-13-17(23(33)34)22(32)16-11-18(25)20(12-19(16)29)30-5-3-28(4-6-30)15-31-24(36)35-21(26-31)14-27-7-9-37-10-8-27/h11-13H,2-10,14-15H2,1H3,(H,33,34). The van der Waals surface area contributed by atoms with E-state index in [2.05, 4.69) is 14.9 Å². The Labute approximate surface area is 222 Å². The van der Waals surface area contributed by atoms with E-state index in [1.165, 1.54) is 6.20 Å². The van der Waals surface area contributed by atoms with Crippen LogP contribution >= 0.6 is 24.0 Å². The molecule has 37 heavy (non-hydrogen) atoms. The summed E-state index contributed by atoms with van der Waals surface area (Å²) in [6.45, 7) is 7.99. The van der Waals surface area contributed by atoms with Gasteiger partial charge in [-0.1, -0.05) is 0 Å². The minimum absolute atomic E-state index is 0.0705. The van der Waals surface area contributed by atoms with Crippen LogP contribution in [0.4, 0.5) is 10.1 Å². The number of anilines is 1. The number of aryl methyl sites for hydroxylation is 1. The third kappa shape index (κ3) is 5.44. The third-order valence-electron chi connectivity index (χ3n) is 6.88. The number of pyridine rings is 1. The van der Waals surface area contributed by atoms with Crippen LogP contribution in [0, 0.1) is 10.7 Å².